The van der Waals surface area contributed by atoms with E-state index in [9.17, 15) is 23.1 Å². The lowest BCUT2D eigenvalue weighted by Gasteiger charge is -2.32. The van der Waals surface area contributed by atoms with Gasteiger partial charge in [0, 0.05) is 5.69 Å². The Balaban J connectivity index is 1.78. The second kappa shape index (κ2) is 7.85. The van der Waals surface area contributed by atoms with Gasteiger partial charge in [0.05, 0.1) is 12.6 Å². The molecule has 1 aromatic rings. The van der Waals surface area contributed by atoms with Crippen LogP contribution in [0.5, 0.6) is 5.75 Å². The van der Waals surface area contributed by atoms with Gasteiger partial charge in [-0.05, 0) is 63.0 Å². The topological polar surface area (TPSA) is 61.8 Å². The number of aliphatic hydroxyl groups is 1. The number of piperidine rings is 1. The zero-order valence-corrected chi connectivity index (χ0v) is 13.3. The molecule has 0 aliphatic carbocycles. The van der Waals surface area contributed by atoms with Crippen LogP contribution in [0.3, 0.4) is 0 Å². The third-order valence-corrected chi connectivity index (χ3v) is 4.05. The van der Waals surface area contributed by atoms with Crippen molar-refractivity contribution in [2.45, 2.75) is 32.2 Å². The van der Waals surface area contributed by atoms with Gasteiger partial charge in [-0.1, -0.05) is 0 Å². The highest BCUT2D eigenvalue weighted by Crippen LogP contribution is 2.24. The average molecular weight is 346 g/mol. The maximum absolute atomic E-state index is 12.1. The molecule has 0 saturated carbocycles. The van der Waals surface area contributed by atoms with E-state index in [1.54, 1.807) is 6.92 Å². The molecule has 1 saturated heterocycles. The zero-order chi connectivity index (χ0) is 17.7. The molecule has 1 unspecified atom stereocenters. The number of aliphatic hydroxyl groups excluding tert-OH is 1. The van der Waals surface area contributed by atoms with Gasteiger partial charge in [-0.3, -0.25) is 9.69 Å². The van der Waals surface area contributed by atoms with Crippen molar-refractivity contribution in [3.05, 3.63) is 24.3 Å². The molecule has 24 heavy (non-hydrogen) atoms. The number of hydrogen-bond donors (Lipinski definition) is 2. The normalized spacial score (nSPS) is 18.2. The van der Waals surface area contributed by atoms with Gasteiger partial charge in [0.15, 0.2) is 0 Å². The smallest absolute Gasteiger partial charge is 0.406 e. The van der Waals surface area contributed by atoms with Crippen LogP contribution in [-0.4, -0.2) is 48.0 Å². The molecular formula is C16H21F3N2O3. The first kappa shape index (κ1) is 18.5. The number of halogens is 3. The third-order valence-electron chi connectivity index (χ3n) is 4.05. The van der Waals surface area contributed by atoms with Crippen molar-refractivity contribution < 1.29 is 27.8 Å². The van der Waals surface area contributed by atoms with Gasteiger partial charge in [-0.15, -0.1) is 13.2 Å². The minimum Gasteiger partial charge on any atom is -0.406 e. The summed E-state index contributed by atoms with van der Waals surface area (Å²) in [5, 5.41) is 12.2. The number of likely N-dealkylation sites (tertiary alicyclic amines) is 1. The molecule has 5 nitrogen and oxygen atoms in total. The van der Waals surface area contributed by atoms with Crippen molar-refractivity contribution in [2.75, 3.05) is 25.0 Å². The Morgan fingerprint density at radius 3 is 2.42 bits per heavy atom. The molecule has 1 heterocycles. The number of rotatable bonds is 5. The number of carbonyl (C=O) groups excluding carboxylic acids is 1. The monoisotopic (exact) mass is 346 g/mol. The Kier molecular flexibility index (Phi) is 6.06. The summed E-state index contributed by atoms with van der Waals surface area (Å²) in [6.45, 7) is 3.47. The standard InChI is InChI=1S/C16H21F3N2O3/c1-11(22)12-6-8-21(9-7-12)10-15(23)20-13-2-4-14(5-3-13)24-16(17,18)19/h2-5,11-12,22H,6-10H2,1H3,(H,20,23). The quantitative estimate of drug-likeness (QED) is 0.860. The van der Waals surface area contributed by atoms with Gasteiger partial charge >= 0.3 is 6.36 Å². The largest absolute Gasteiger partial charge is 0.573 e. The molecule has 2 rings (SSSR count). The first-order valence-electron chi connectivity index (χ1n) is 7.79. The summed E-state index contributed by atoms with van der Waals surface area (Å²) in [4.78, 5) is 14.0. The highest BCUT2D eigenvalue weighted by Gasteiger charge is 2.31. The van der Waals surface area contributed by atoms with E-state index in [1.165, 1.54) is 12.1 Å². The molecule has 0 radical (unpaired) electrons. The van der Waals surface area contributed by atoms with Crippen LogP contribution < -0.4 is 10.1 Å². The highest BCUT2D eigenvalue weighted by molar-refractivity contribution is 5.92. The SMILES string of the molecule is CC(O)C1CCN(CC(=O)Nc2ccc(OC(F)(F)F)cc2)CC1. The fourth-order valence-corrected chi connectivity index (χ4v) is 2.74. The van der Waals surface area contributed by atoms with E-state index < -0.39 is 6.36 Å². The van der Waals surface area contributed by atoms with E-state index >= 15 is 0 Å². The molecule has 0 spiro atoms. The number of benzene rings is 1. The predicted octanol–water partition coefficient (Wildman–Crippen LogP) is 2.62. The molecule has 0 aromatic heterocycles. The van der Waals surface area contributed by atoms with Crippen LogP contribution in [0.25, 0.3) is 0 Å². The molecule has 1 aliphatic rings. The molecule has 1 amide bonds. The van der Waals surface area contributed by atoms with E-state index in [2.05, 4.69) is 10.1 Å². The average Bonchev–Trinajstić information content (AvgIpc) is 2.48. The molecule has 1 aliphatic heterocycles. The second-order valence-electron chi connectivity index (χ2n) is 5.97. The van der Waals surface area contributed by atoms with Gasteiger partial charge in [-0.25, -0.2) is 0 Å². The van der Waals surface area contributed by atoms with Crippen molar-refractivity contribution in [2.24, 2.45) is 5.92 Å². The number of nitrogens with one attached hydrogen (secondary N) is 1. The number of anilines is 1. The van der Waals surface area contributed by atoms with Gasteiger partial charge < -0.3 is 15.2 Å². The van der Waals surface area contributed by atoms with Crippen molar-refractivity contribution in [3.8, 4) is 5.75 Å². The van der Waals surface area contributed by atoms with Gasteiger partial charge in [0.2, 0.25) is 5.91 Å². The van der Waals surface area contributed by atoms with Gasteiger partial charge in [0.25, 0.3) is 0 Å². The minimum absolute atomic E-state index is 0.216. The Hall–Kier alpha value is -1.80. The molecule has 1 aromatic carbocycles. The number of amides is 1. The summed E-state index contributed by atoms with van der Waals surface area (Å²) in [5.74, 6) is -0.291. The van der Waals surface area contributed by atoms with E-state index in [0.717, 1.165) is 38.1 Å². The van der Waals surface area contributed by atoms with Crippen LogP contribution in [0.1, 0.15) is 19.8 Å². The second-order valence-corrected chi connectivity index (χ2v) is 5.97. The van der Waals surface area contributed by atoms with Gasteiger partial charge in [0.1, 0.15) is 5.75 Å². The third kappa shape index (κ3) is 6.01. The van der Waals surface area contributed by atoms with Crippen molar-refractivity contribution in [1.82, 2.24) is 4.90 Å². The number of ether oxygens (including phenoxy) is 1. The Bertz CT molecular complexity index is 538. The summed E-state index contributed by atoms with van der Waals surface area (Å²) in [7, 11) is 0. The number of carbonyl (C=O) groups is 1. The number of hydrogen-bond acceptors (Lipinski definition) is 4. The molecule has 8 heteroatoms. The maximum atomic E-state index is 12.1. The van der Waals surface area contributed by atoms with Crippen LogP contribution in [0.2, 0.25) is 0 Å². The van der Waals surface area contributed by atoms with Gasteiger partial charge in [-0.2, -0.15) is 0 Å². The van der Waals surface area contributed by atoms with Crippen molar-refractivity contribution in [3.63, 3.8) is 0 Å². The van der Waals surface area contributed by atoms with Crippen LogP contribution in [0.4, 0.5) is 18.9 Å². The molecular weight excluding hydrogens is 325 g/mol. The fraction of sp³-hybridized carbons (Fsp3) is 0.562. The maximum Gasteiger partial charge on any atom is 0.573 e. The first-order valence-corrected chi connectivity index (χ1v) is 7.79. The summed E-state index contributed by atoms with van der Waals surface area (Å²) in [5.41, 5.74) is 0.411. The Labute approximate surface area is 138 Å². The Morgan fingerprint density at radius 2 is 1.92 bits per heavy atom. The summed E-state index contributed by atoms with van der Waals surface area (Å²) < 4.78 is 40.0. The first-order chi connectivity index (χ1) is 11.2. The lowest BCUT2D eigenvalue weighted by molar-refractivity contribution is -0.274. The Morgan fingerprint density at radius 1 is 1.33 bits per heavy atom. The van der Waals surface area contributed by atoms with E-state index in [0.29, 0.717) is 5.69 Å². The molecule has 2 N–H and O–H groups in total. The zero-order valence-electron chi connectivity index (χ0n) is 13.3. The highest BCUT2D eigenvalue weighted by atomic mass is 19.4. The summed E-state index contributed by atoms with van der Waals surface area (Å²) in [6, 6.07) is 5.02. The lowest BCUT2D eigenvalue weighted by Crippen LogP contribution is -2.41. The summed E-state index contributed by atoms with van der Waals surface area (Å²) >= 11 is 0. The minimum atomic E-state index is -4.73. The lowest BCUT2D eigenvalue weighted by atomic mass is 9.92. The van der Waals surface area contributed by atoms with Crippen LogP contribution >= 0.6 is 0 Å². The molecule has 1 atom stereocenters. The fourth-order valence-electron chi connectivity index (χ4n) is 2.74. The van der Waals surface area contributed by atoms with Crippen molar-refractivity contribution >= 4 is 11.6 Å². The molecule has 134 valence electrons. The number of nitrogens with zero attached hydrogens (tertiary/aromatic N) is 1. The van der Waals surface area contributed by atoms with Crippen molar-refractivity contribution in [1.29, 1.82) is 0 Å². The van der Waals surface area contributed by atoms with Crippen LogP contribution in [-0.2, 0) is 4.79 Å². The van der Waals surface area contributed by atoms with E-state index in [-0.39, 0.29) is 30.2 Å². The molecule has 1 fully saturated rings. The van der Waals surface area contributed by atoms with E-state index in [1.807, 2.05) is 4.90 Å². The van der Waals surface area contributed by atoms with Crippen LogP contribution in [0, 0.1) is 5.92 Å². The molecule has 0 bridgehead atoms. The summed E-state index contributed by atoms with van der Waals surface area (Å²) in [6.07, 6.45) is -3.38. The van der Waals surface area contributed by atoms with Crippen LogP contribution in [0.15, 0.2) is 24.3 Å². The van der Waals surface area contributed by atoms with E-state index in [4.69, 9.17) is 0 Å². The predicted molar refractivity (Wildman–Crippen MR) is 82.6 cm³/mol. The number of alkyl halides is 3.